The second kappa shape index (κ2) is 11.9. The van der Waals surface area contributed by atoms with Crippen molar-refractivity contribution in [2.45, 2.75) is 12.8 Å². The lowest BCUT2D eigenvalue weighted by Gasteiger charge is -2.38. The molecule has 1 unspecified atom stereocenters. The predicted molar refractivity (Wildman–Crippen MR) is 135 cm³/mol. The molecule has 30 heavy (non-hydrogen) atoms. The molecule has 0 saturated carbocycles. The maximum Gasteiger partial charge on any atom is 0.193 e. The number of hydrogen-bond acceptors (Lipinski definition) is 4. The predicted octanol–water partition coefficient (Wildman–Crippen LogP) is 3.82. The fourth-order valence-electron chi connectivity index (χ4n) is 3.73. The van der Waals surface area contributed by atoms with E-state index >= 15 is 0 Å². The summed E-state index contributed by atoms with van der Waals surface area (Å²) in [5.41, 5.74) is 2.44. The van der Waals surface area contributed by atoms with Gasteiger partial charge in [-0.05, 0) is 35.9 Å². The fraction of sp³-hybridized carbons (Fsp3) is 0.435. The van der Waals surface area contributed by atoms with Crippen molar-refractivity contribution in [2.75, 3.05) is 58.9 Å². The quantitative estimate of drug-likeness (QED) is 0.354. The van der Waals surface area contributed by atoms with Crippen LogP contribution in [0.5, 0.6) is 11.5 Å². The molecule has 1 fully saturated rings. The SMILES string of the molecule is CN=C(NCC(C)c1ccccc1OC)N1CCN(c2ccc(OC)cc2)CC1.I. The highest BCUT2D eigenvalue weighted by atomic mass is 127. The Kier molecular flexibility index (Phi) is 9.55. The normalized spacial score (nSPS) is 15.3. The van der Waals surface area contributed by atoms with Gasteiger partial charge in [0.2, 0.25) is 0 Å². The number of para-hydroxylation sites is 1. The van der Waals surface area contributed by atoms with Gasteiger partial charge in [-0.3, -0.25) is 4.99 Å². The summed E-state index contributed by atoms with van der Waals surface area (Å²) in [6.45, 7) is 6.83. The van der Waals surface area contributed by atoms with Crippen molar-refractivity contribution >= 4 is 35.6 Å². The topological polar surface area (TPSA) is 49.3 Å². The fourth-order valence-corrected chi connectivity index (χ4v) is 3.73. The van der Waals surface area contributed by atoms with Gasteiger partial charge in [-0.1, -0.05) is 25.1 Å². The van der Waals surface area contributed by atoms with Crippen LogP contribution >= 0.6 is 24.0 Å². The van der Waals surface area contributed by atoms with Crippen LogP contribution < -0.4 is 19.7 Å². The van der Waals surface area contributed by atoms with Crippen molar-refractivity contribution in [1.82, 2.24) is 10.2 Å². The van der Waals surface area contributed by atoms with E-state index in [1.807, 2.05) is 31.3 Å². The number of nitrogens with one attached hydrogen (secondary N) is 1. The number of benzene rings is 2. The molecule has 0 aliphatic carbocycles. The van der Waals surface area contributed by atoms with E-state index in [4.69, 9.17) is 9.47 Å². The van der Waals surface area contributed by atoms with E-state index in [2.05, 4.69) is 51.3 Å². The average Bonchev–Trinajstić information content (AvgIpc) is 2.79. The minimum Gasteiger partial charge on any atom is -0.497 e. The maximum atomic E-state index is 5.50. The molecule has 164 valence electrons. The van der Waals surface area contributed by atoms with Gasteiger partial charge in [0.1, 0.15) is 11.5 Å². The maximum absolute atomic E-state index is 5.50. The van der Waals surface area contributed by atoms with Gasteiger partial charge >= 0.3 is 0 Å². The van der Waals surface area contributed by atoms with Crippen molar-refractivity contribution in [3.8, 4) is 11.5 Å². The molecule has 2 aromatic rings. The van der Waals surface area contributed by atoms with Crippen LogP contribution in [0, 0.1) is 0 Å². The Morgan fingerprint density at radius 1 is 1.00 bits per heavy atom. The Bertz CT molecular complexity index is 805. The van der Waals surface area contributed by atoms with Gasteiger partial charge in [-0.15, -0.1) is 24.0 Å². The molecule has 0 aromatic heterocycles. The monoisotopic (exact) mass is 524 g/mol. The van der Waals surface area contributed by atoms with Crippen LogP contribution in [0.1, 0.15) is 18.4 Å². The van der Waals surface area contributed by atoms with Crippen molar-refractivity contribution in [3.63, 3.8) is 0 Å². The van der Waals surface area contributed by atoms with Gasteiger partial charge in [0, 0.05) is 51.4 Å². The molecule has 1 saturated heterocycles. The van der Waals surface area contributed by atoms with E-state index in [1.54, 1.807) is 14.2 Å². The second-order valence-corrected chi connectivity index (χ2v) is 7.24. The average molecular weight is 524 g/mol. The van der Waals surface area contributed by atoms with Crippen LogP contribution in [-0.2, 0) is 0 Å². The number of nitrogens with zero attached hydrogens (tertiary/aromatic N) is 3. The molecule has 1 atom stereocenters. The first-order valence-corrected chi connectivity index (χ1v) is 10.1. The third-order valence-corrected chi connectivity index (χ3v) is 5.46. The zero-order chi connectivity index (χ0) is 20.6. The van der Waals surface area contributed by atoms with Gasteiger partial charge in [-0.25, -0.2) is 0 Å². The van der Waals surface area contributed by atoms with E-state index < -0.39 is 0 Å². The largest absolute Gasteiger partial charge is 0.497 e. The summed E-state index contributed by atoms with van der Waals surface area (Å²) in [5.74, 6) is 3.11. The number of halogens is 1. The lowest BCUT2D eigenvalue weighted by atomic mass is 10.0. The highest BCUT2D eigenvalue weighted by Gasteiger charge is 2.20. The smallest absolute Gasteiger partial charge is 0.193 e. The van der Waals surface area contributed by atoms with E-state index in [9.17, 15) is 0 Å². The van der Waals surface area contributed by atoms with Crippen molar-refractivity contribution in [2.24, 2.45) is 4.99 Å². The van der Waals surface area contributed by atoms with Crippen LogP contribution in [0.25, 0.3) is 0 Å². The van der Waals surface area contributed by atoms with Crippen LogP contribution in [0.3, 0.4) is 0 Å². The molecular formula is C23H33IN4O2. The van der Waals surface area contributed by atoms with Crippen LogP contribution in [0.2, 0.25) is 0 Å². The number of piperazine rings is 1. The van der Waals surface area contributed by atoms with E-state index in [-0.39, 0.29) is 24.0 Å². The molecule has 1 aliphatic heterocycles. The number of ether oxygens (including phenoxy) is 2. The summed E-state index contributed by atoms with van der Waals surface area (Å²) in [6.07, 6.45) is 0. The van der Waals surface area contributed by atoms with Crippen LogP contribution in [-0.4, -0.2) is 64.9 Å². The molecule has 1 heterocycles. The van der Waals surface area contributed by atoms with Gasteiger partial charge in [-0.2, -0.15) is 0 Å². The van der Waals surface area contributed by atoms with E-state index in [1.165, 1.54) is 11.3 Å². The summed E-state index contributed by atoms with van der Waals surface area (Å²) in [5, 5.41) is 3.54. The van der Waals surface area contributed by atoms with Gasteiger partial charge < -0.3 is 24.6 Å². The van der Waals surface area contributed by atoms with Gasteiger partial charge in [0.25, 0.3) is 0 Å². The molecule has 2 aromatic carbocycles. The lowest BCUT2D eigenvalue weighted by molar-refractivity contribution is 0.370. The second-order valence-electron chi connectivity index (χ2n) is 7.24. The molecule has 1 aliphatic rings. The molecule has 6 nitrogen and oxygen atoms in total. The molecular weight excluding hydrogens is 491 g/mol. The summed E-state index contributed by atoms with van der Waals surface area (Å²) >= 11 is 0. The van der Waals surface area contributed by atoms with Crippen LogP contribution in [0.15, 0.2) is 53.5 Å². The van der Waals surface area contributed by atoms with Crippen molar-refractivity contribution in [3.05, 3.63) is 54.1 Å². The van der Waals surface area contributed by atoms with Crippen LogP contribution in [0.4, 0.5) is 5.69 Å². The van der Waals surface area contributed by atoms with E-state index in [0.717, 1.165) is 50.2 Å². The van der Waals surface area contributed by atoms with Gasteiger partial charge in [0.05, 0.1) is 14.2 Å². The summed E-state index contributed by atoms with van der Waals surface area (Å²) in [7, 11) is 5.27. The third kappa shape index (κ3) is 5.93. The Morgan fingerprint density at radius 2 is 1.67 bits per heavy atom. The van der Waals surface area contributed by atoms with Crippen molar-refractivity contribution in [1.29, 1.82) is 0 Å². The zero-order valence-electron chi connectivity index (χ0n) is 18.3. The molecule has 0 amide bonds. The number of guanidine groups is 1. The zero-order valence-corrected chi connectivity index (χ0v) is 20.6. The third-order valence-electron chi connectivity index (χ3n) is 5.46. The first kappa shape index (κ1) is 24.1. The molecule has 0 radical (unpaired) electrons. The number of methoxy groups -OCH3 is 2. The summed E-state index contributed by atoms with van der Waals surface area (Å²) in [6, 6.07) is 16.5. The number of anilines is 1. The first-order chi connectivity index (χ1) is 14.2. The minimum atomic E-state index is 0. The molecule has 1 N–H and O–H groups in total. The standard InChI is InChI=1S/C23H32N4O2.HI/c1-18(21-7-5-6-8-22(21)29-4)17-25-23(24-2)27-15-13-26(14-16-27)19-9-11-20(28-3)12-10-19;/h5-12,18H,13-17H2,1-4H3,(H,24,25);1H. The Hall–Kier alpha value is -2.16. The summed E-state index contributed by atoms with van der Waals surface area (Å²) in [4.78, 5) is 9.24. The van der Waals surface area contributed by atoms with E-state index in [0.29, 0.717) is 5.92 Å². The molecule has 7 heteroatoms. The molecule has 0 bridgehead atoms. The Labute approximate surface area is 197 Å². The number of aliphatic imine (C=N–C) groups is 1. The van der Waals surface area contributed by atoms with Gasteiger partial charge in [0.15, 0.2) is 5.96 Å². The first-order valence-electron chi connectivity index (χ1n) is 10.1. The Morgan fingerprint density at radius 3 is 2.27 bits per heavy atom. The summed E-state index contributed by atoms with van der Waals surface area (Å²) < 4.78 is 10.8. The highest BCUT2D eigenvalue weighted by Crippen LogP contribution is 2.25. The molecule has 0 spiro atoms. The van der Waals surface area contributed by atoms with Crippen molar-refractivity contribution < 1.29 is 9.47 Å². The number of hydrogen-bond donors (Lipinski definition) is 1. The highest BCUT2D eigenvalue weighted by molar-refractivity contribution is 14.0. The minimum absolute atomic E-state index is 0. The molecule has 3 rings (SSSR count). The Balaban J connectivity index is 0.00000320. The number of rotatable bonds is 6. The lowest BCUT2D eigenvalue weighted by Crippen LogP contribution is -2.53.